The lowest BCUT2D eigenvalue weighted by Crippen LogP contribution is -2.24. The largest absolute Gasteiger partial charge is 0.497 e. The number of methoxy groups -OCH3 is 1. The number of rotatable bonds is 8. The van der Waals surface area contributed by atoms with E-state index in [4.69, 9.17) is 4.74 Å². The Labute approximate surface area is 146 Å². The van der Waals surface area contributed by atoms with Gasteiger partial charge >= 0.3 is 0 Å². The molecule has 2 aromatic rings. The summed E-state index contributed by atoms with van der Waals surface area (Å²) in [6, 6.07) is 16.2. The summed E-state index contributed by atoms with van der Waals surface area (Å²) >= 11 is 3.36. The van der Waals surface area contributed by atoms with Gasteiger partial charge in [-0.05, 0) is 41.6 Å². The van der Waals surface area contributed by atoms with Crippen LogP contribution in [0.2, 0.25) is 0 Å². The van der Waals surface area contributed by atoms with Crippen LogP contribution in [0.1, 0.15) is 11.1 Å². The standard InChI is InChI=1S/C18H21NO2S2/c1-21-16-5-3-4-15(10-16)11-19-18(20)13-23-12-14-6-8-17(22-2)9-7-14/h3-10H,11-13H2,1-2H3,(H,19,20). The lowest BCUT2D eigenvalue weighted by atomic mass is 10.2. The highest BCUT2D eigenvalue weighted by atomic mass is 32.2. The van der Waals surface area contributed by atoms with E-state index in [-0.39, 0.29) is 5.91 Å². The Kier molecular flexibility index (Phi) is 7.36. The van der Waals surface area contributed by atoms with E-state index in [1.807, 2.05) is 24.3 Å². The second-order valence-corrected chi connectivity index (χ2v) is 6.83. The zero-order chi connectivity index (χ0) is 16.5. The summed E-state index contributed by atoms with van der Waals surface area (Å²) in [4.78, 5) is 13.2. The zero-order valence-electron chi connectivity index (χ0n) is 13.4. The molecule has 0 aliphatic heterocycles. The van der Waals surface area contributed by atoms with Crippen LogP contribution < -0.4 is 10.1 Å². The minimum atomic E-state index is 0.0542. The van der Waals surface area contributed by atoms with E-state index < -0.39 is 0 Å². The first kappa shape index (κ1) is 17.8. The Morgan fingerprint density at radius 3 is 2.61 bits per heavy atom. The number of ether oxygens (including phenoxy) is 1. The molecule has 0 aromatic heterocycles. The molecule has 0 radical (unpaired) electrons. The van der Waals surface area contributed by atoms with Crippen LogP contribution in [0.4, 0.5) is 0 Å². The summed E-state index contributed by atoms with van der Waals surface area (Å²) in [5, 5.41) is 2.94. The molecule has 3 nitrogen and oxygen atoms in total. The molecule has 0 spiro atoms. The van der Waals surface area contributed by atoms with E-state index >= 15 is 0 Å². The molecule has 0 atom stereocenters. The predicted molar refractivity (Wildman–Crippen MR) is 99.2 cm³/mol. The maximum absolute atomic E-state index is 11.9. The first-order valence-corrected chi connectivity index (χ1v) is 9.69. The average Bonchev–Trinajstić information content (AvgIpc) is 2.61. The Morgan fingerprint density at radius 2 is 1.91 bits per heavy atom. The van der Waals surface area contributed by atoms with Gasteiger partial charge in [-0.1, -0.05) is 24.3 Å². The number of hydrogen-bond donors (Lipinski definition) is 1. The van der Waals surface area contributed by atoms with Crippen LogP contribution in [-0.4, -0.2) is 25.0 Å². The number of carbonyl (C=O) groups is 1. The summed E-state index contributed by atoms with van der Waals surface area (Å²) in [5.74, 6) is 2.17. The van der Waals surface area contributed by atoms with Gasteiger partial charge in [-0.3, -0.25) is 4.79 Å². The Balaban J connectivity index is 1.70. The molecular weight excluding hydrogens is 326 g/mol. The summed E-state index contributed by atoms with van der Waals surface area (Å²) < 4.78 is 5.17. The molecule has 0 aliphatic rings. The van der Waals surface area contributed by atoms with Crippen LogP contribution in [0.15, 0.2) is 53.4 Å². The Bertz CT molecular complexity index is 629. The highest BCUT2D eigenvalue weighted by Gasteiger charge is 2.03. The Morgan fingerprint density at radius 1 is 1.13 bits per heavy atom. The van der Waals surface area contributed by atoms with E-state index in [1.54, 1.807) is 30.6 Å². The van der Waals surface area contributed by atoms with Crippen molar-refractivity contribution in [2.45, 2.75) is 17.2 Å². The van der Waals surface area contributed by atoms with E-state index in [1.165, 1.54) is 10.5 Å². The topological polar surface area (TPSA) is 38.3 Å². The molecule has 0 saturated heterocycles. The van der Waals surface area contributed by atoms with Crippen molar-refractivity contribution in [3.8, 4) is 5.75 Å². The smallest absolute Gasteiger partial charge is 0.230 e. The number of nitrogens with one attached hydrogen (secondary N) is 1. The Hall–Kier alpha value is -1.59. The maximum atomic E-state index is 11.9. The zero-order valence-corrected chi connectivity index (χ0v) is 15.0. The molecule has 23 heavy (non-hydrogen) atoms. The van der Waals surface area contributed by atoms with Gasteiger partial charge in [-0.15, -0.1) is 23.5 Å². The molecule has 0 aliphatic carbocycles. The van der Waals surface area contributed by atoms with Crippen molar-refractivity contribution in [2.24, 2.45) is 0 Å². The molecule has 5 heteroatoms. The normalized spacial score (nSPS) is 10.3. The number of carbonyl (C=O) groups excluding carboxylic acids is 1. The van der Waals surface area contributed by atoms with Crippen molar-refractivity contribution in [3.05, 3.63) is 59.7 Å². The van der Waals surface area contributed by atoms with Crippen molar-refractivity contribution in [1.82, 2.24) is 5.32 Å². The van der Waals surface area contributed by atoms with Crippen molar-refractivity contribution in [2.75, 3.05) is 19.1 Å². The molecule has 1 amide bonds. The number of benzene rings is 2. The predicted octanol–water partition coefficient (Wildman–Crippen LogP) is 3.97. The highest BCUT2D eigenvalue weighted by molar-refractivity contribution is 7.99. The van der Waals surface area contributed by atoms with Gasteiger partial charge in [0.25, 0.3) is 0 Å². The minimum absolute atomic E-state index is 0.0542. The van der Waals surface area contributed by atoms with Crippen LogP contribution in [0.3, 0.4) is 0 Å². The van der Waals surface area contributed by atoms with Crippen LogP contribution in [0.5, 0.6) is 5.75 Å². The van der Waals surface area contributed by atoms with Crippen molar-refractivity contribution in [1.29, 1.82) is 0 Å². The fraction of sp³-hybridized carbons (Fsp3) is 0.278. The van der Waals surface area contributed by atoms with Gasteiger partial charge < -0.3 is 10.1 Å². The molecule has 0 saturated carbocycles. The van der Waals surface area contributed by atoms with Crippen LogP contribution in [0.25, 0.3) is 0 Å². The lowest BCUT2D eigenvalue weighted by molar-refractivity contribution is -0.118. The van der Waals surface area contributed by atoms with Gasteiger partial charge in [0, 0.05) is 17.2 Å². The maximum Gasteiger partial charge on any atom is 0.230 e. The fourth-order valence-electron chi connectivity index (χ4n) is 2.02. The number of amides is 1. The molecule has 0 bridgehead atoms. The molecular formula is C18H21NO2S2. The first-order chi connectivity index (χ1) is 11.2. The first-order valence-electron chi connectivity index (χ1n) is 7.31. The highest BCUT2D eigenvalue weighted by Crippen LogP contribution is 2.18. The SMILES string of the molecule is COc1cccc(CNC(=O)CSCc2ccc(SC)cc2)c1. The summed E-state index contributed by atoms with van der Waals surface area (Å²) in [5.41, 5.74) is 2.28. The third-order valence-corrected chi connectivity index (χ3v) is 5.03. The molecule has 0 fully saturated rings. The van der Waals surface area contributed by atoms with Gasteiger partial charge in [-0.2, -0.15) is 0 Å². The van der Waals surface area contributed by atoms with Crippen molar-refractivity contribution in [3.63, 3.8) is 0 Å². The number of hydrogen-bond acceptors (Lipinski definition) is 4. The van der Waals surface area contributed by atoms with Crippen LogP contribution in [-0.2, 0) is 17.1 Å². The van der Waals surface area contributed by atoms with E-state index in [9.17, 15) is 4.79 Å². The summed E-state index contributed by atoms with van der Waals surface area (Å²) in [6.45, 7) is 0.527. The monoisotopic (exact) mass is 347 g/mol. The third-order valence-electron chi connectivity index (χ3n) is 3.28. The van der Waals surface area contributed by atoms with E-state index in [0.29, 0.717) is 12.3 Å². The molecule has 2 rings (SSSR count). The average molecular weight is 348 g/mol. The van der Waals surface area contributed by atoms with Crippen molar-refractivity contribution >= 4 is 29.4 Å². The quantitative estimate of drug-likeness (QED) is 0.734. The summed E-state index contributed by atoms with van der Waals surface area (Å²) in [6.07, 6.45) is 2.07. The number of thioether (sulfide) groups is 2. The second kappa shape index (κ2) is 9.53. The van der Waals surface area contributed by atoms with Gasteiger partial charge in [0.1, 0.15) is 5.75 Å². The van der Waals surface area contributed by atoms with Gasteiger partial charge in [0.05, 0.1) is 12.9 Å². The molecule has 0 unspecified atom stereocenters. The van der Waals surface area contributed by atoms with Crippen molar-refractivity contribution < 1.29 is 9.53 Å². The van der Waals surface area contributed by atoms with E-state index in [0.717, 1.165) is 17.1 Å². The van der Waals surface area contributed by atoms with E-state index in [2.05, 4.69) is 35.8 Å². The molecule has 0 heterocycles. The van der Waals surface area contributed by atoms with Gasteiger partial charge in [0.2, 0.25) is 5.91 Å². The molecule has 1 N–H and O–H groups in total. The van der Waals surface area contributed by atoms with Crippen LogP contribution in [0, 0.1) is 0 Å². The minimum Gasteiger partial charge on any atom is -0.497 e. The fourth-order valence-corrected chi connectivity index (χ4v) is 3.24. The second-order valence-electron chi connectivity index (χ2n) is 4.97. The summed E-state index contributed by atoms with van der Waals surface area (Å²) in [7, 11) is 1.64. The third kappa shape index (κ3) is 6.20. The van der Waals surface area contributed by atoms with Crippen LogP contribution >= 0.6 is 23.5 Å². The molecule has 2 aromatic carbocycles. The molecule has 122 valence electrons. The lowest BCUT2D eigenvalue weighted by Gasteiger charge is -2.07. The van der Waals surface area contributed by atoms with Gasteiger partial charge in [0.15, 0.2) is 0 Å². The van der Waals surface area contributed by atoms with Gasteiger partial charge in [-0.25, -0.2) is 0 Å².